The van der Waals surface area contributed by atoms with Gasteiger partial charge in [-0.25, -0.2) is 4.79 Å². The molecule has 3 N–H and O–H groups in total. The number of carbonyl (C=O) groups is 3. The minimum atomic E-state index is -0.549. The zero-order valence-corrected chi connectivity index (χ0v) is 15.8. The van der Waals surface area contributed by atoms with Gasteiger partial charge in [0.05, 0.1) is 13.1 Å². The van der Waals surface area contributed by atoms with E-state index in [2.05, 4.69) is 16.0 Å². The van der Waals surface area contributed by atoms with Crippen molar-refractivity contribution in [3.05, 3.63) is 18.2 Å². The average Bonchev–Trinajstić information content (AvgIpc) is 2.60. The van der Waals surface area contributed by atoms with Crippen LogP contribution in [0, 0.1) is 0 Å². The number of carbonyl (C=O) groups excluding carboxylic acids is 3. The van der Waals surface area contributed by atoms with Crippen molar-refractivity contribution in [2.45, 2.75) is 26.8 Å². The van der Waals surface area contributed by atoms with E-state index in [1.54, 1.807) is 36.9 Å². The Balaban J connectivity index is 1.83. The zero-order valence-electron chi connectivity index (χ0n) is 15.8. The topological polar surface area (TPSA) is 109 Å². The third-order valence-corrected chi connectivity index (χ3v) is 3.68. The second-order valence-corrected chi connectivity index (χ2v) is 6.39. The number of hydrogen-bond acceptors (Lipinski definition) is 6. The molecule has 148 valence electrons. The molecule has 1 aliphatic rings. The van der Waals surface area contributed by atoms with Crippen LogP contribution in [0.2, 0.25) is 0 Å². The van der Waals surface area contributed by atoms with Crippen molar-refractivity contribution in [1.29, 1.82) is 0 Å². The molecule has 0 saturated heterocycles. The Labute approximate surface area is 158 Å². The average molecular weight is 378 g/mol. The highest BCUT2D eigenvalue weighted by atomic mass is 16.6. The number of nitrogens with zero attached hydrogens (tertiary/aromatic N) is 1. The summed E-state index contributed by atoms with van der Waals surface area (Å²) in [6.07, 6.45) is 0. The van der Waals surface area contributed by atoms with Crippen LogP contribution in [0.1, 0.15) is 20.8 Å². The maximum Gasteiger partial charge on any atom is 0.321 e. The number of likely N-dealkylation sites (N-methyl/N-ethyl adjacent to an activating group) is 1. The standard InChI is InChI=1S/C18H26N4O5/c1-4-22(11-17(24)21-18(25)19-12(2)3)10-16(23)20-13-5-6-14-15(9-13)27-8-7-26-14/h5-6,9,12H,4,7-8,10-11H2,1-3H3,(H,20,23)(H2,19,21,24,25). The van der Waals surface area contributed by atoms with E-state index in [4.69, 9.17) is 9.47 Å². The molecule has 1 aliphatic heterocycles. The van der Waals surface area contributed by atoms with Crippen LogP contribution in [0.4, 0.5) is 10.5 Å². The Morgan fingerprint density at radius 1 is 1.07 bits per heavy atom. The van der Waals surface area contributed by atoms with E-state index in [9.17, 15) is 14.4 Å². The Kier molecular flexibility index (Phi) is 7.42. The van der Waals surface area contributed by atoms with Gasteiger partial charge in [0.15, 0.2) is 11.5 Å². The molecule has 0 spiro atoms. The highest BCUT2D eigenvalue weighted by Crippen LogP contribution is 2.32. The molecule has 1 heterocycles. The lowest BCUT2D eigenvalue weighted by Crippen LogP contribution is -2.47. The molecule has 0 radical (unpaired) electrons. The van der Waals surface area contributed by atoms with Gasteiger partial charge in [0.25, 0.3) is 0 Å². The number of ether oxygens (including phenoxy) is 2. The molecule has 9 heteroatoms. The van der Waals surface area contributed by atoms with Gasteiger partial charge in [-0.15, -0.1) is 0 Å². The minimum absolute atomic E-state index is 0.0180. The van der Waals surface area contributed by atoms with E-state index >= 15 is 0 Å². The molecule has 2 rings (SSSR count). The van der Waals surface area contributed by atoms with Crippen LogP contribution < -0.4 is 25.4 Å². The molecule has 27 heavy (non-hydrogen) atoms. The van der Waals surface area contributed by atoms with Gasteiger partial charge in [-0.2, -0.15) is 0 Å². The van der Waals surface area contributed by atoms with Crippen molar-refractivity contribution in [2.24, 2.45) is 0 Å². The number of amides is 4. The van der Waals surface area contributed by atoms with Crippen molar-refractivity contribution in [2.75, 3.05) is 38.2 Å². The maximum atomic E-state index is 12.3. The number of fused-ring (bicyclic) bond motifs is 1. The highest BCUT2D eigenvalue weighted by molar-refractivity contribution is 5.96. The van der Waals surface area contributed by atoms with Gasteiger partial charge in [0.2, 0.25) is 11.8 Å². The molecule has 0 aromatic heterocycles. The summed E-state index contributed by atoms with van der Waals surface area (Å²) in [4.78, 5) is 37.4. The first-order valence-corrected chi connectivity index (χ1v) is 8.89. The maximum absolute atomic E-state index is 12.3. The predicted octanol–water partition coefficient (Wildman–Crippen LogP) is 0.952. The van der Waals surface area contributed by atoms with Crippen molar-refractivity contribution in [3.8, 4) is 11.5 Å². The smallest absolute Gasteiger partial charge is 0.321 e. The molecule has 1 aromatic rings. The fourth-order valence-corrected chi connectivity index (χ4v) is 2.47. The number of urea groups is 1. The molecule has 1 aromatic carbocycles. The summed E-state index contributed by atoms with van der Waals surface area (Å²) in [5, 5.41) is 7.58. The first kappa shape index (κ1) is 20.5. The molecule has 0 aliphatic carbocycles. The second-order valence-electron chi connectivity index (χ2n) is 6.39. The number of anilines is 1. The second kappa shape index (κ2) is 9.77. The Morgan fingerprint density at radius 2 is 1.74 bits per heavy atom. The molecule has 0 atom stereocenters. The summed E-state index contributed by atoms with van der Waals surface area (Å²) < 4.78 is 10.9. The summed E-state index contributed by atoms with van der Waals surface area (Å²) >= 11 is 0. The molecule has 0 bridgehead atoms. The fourth-order valence-electron chi connectivity index (χ4n) is 2.47. The van der Waals surface area contributed by atoms with E-state index in [1.807, 2.05) is 6.92 Å². The summed E-state index contributed by atoms with van der Waals surface area (Å²) in [5.41, 5.74) is 0.584. The van der Waals surface area contributed by atoms with Gasteiger partial charge < -0.3 is 20.1 Å². The lowest BCUT2D eigenvalue weighted by atomic mass is 10.2. The third kappa shape index (κ3) is 6.78. The minimum Gasteiger partial charge on any atom is -0.486 e. The van der Waals surface area contributed by atoms with E-state index in [-0.39, 0.29) is 25.0 Å². The first-order chi connectivity index (χ1) is 12.9. The summed E-state index contributed by atoms with van der Waals surface area (Å²) in [6.45, 7) is 6.83. The van der Waals surface area contributed by atoms with Gasteiger partial charge in [-0.05, 0) is 32.5 Å². The molecular formula is C18H26N4O5. The van der Waals surface area contributed by atoms with Gasteiger partial charge >= 0.3 is 6.03 Å². The van der Waals surface area contributed by atoms with E-state index in [0.29, 0.717) is 36.9 Å². The van der Waals surface area contributed by atoms with Crippen LogP contribution in [0.3, 0.4) is 0 Å². The summed E-state index contributed by atoms with van der Waals surface area (Å²) in [6, 6.07) is 4.54. The monoisotopic (exact) mass is 378 g/mol. The Morgan fingerprint density at radius 3 is 2.41 bits per heavy atom. The number of rotatable bonds is 7. The van der Waals surface area contributed by atoms with Crippen LogP contribution in [-0.4, -0.2) is 61.6 Å². The largest absolute Gasteiger partial charge is 0.486 e. The van der Waals surface area contributed by atoms with Gasteiger partial charge in [0, 0.05) is 17.8 Å². The number of nitrogens with one attached hydrogen (secondary N) is 3. The molecule has 0 unspecified atom stereocenters. The molecule has 4 amide bonds. The van der Waals surface area contributed by atoms with E-state index in [1.165, 1.54) is 0 Å². The third-order valence-electron chi connectivity index (χ3n) is 3.68. The summed E-state index contributed by atoms with van der Waals surface area (Å²) in [5.74, 6) is 0.489. The molecule has 9 nitrogen and oxygen atoms in total. The van der Waals surface area contributed by atoms with Gasteiger partial charge in [-0.3, -0.25) is 19.8 Å². The van der Waals surface area contributed by atoms with Crippen LogP contribution >= 0.6 is 0 Å². The normalized spacial score (nSPS) is 12.6. The molecular weight excluding hydrogens is 352 g/mol. The van der Waals surface area contributed by atoms with Crippen LogP contribution in [0.15, 0.2) is 18.2 Å². The SMILES string of the molecule is CCN(CC(=O)NC(=O)NC(C)C)CC(=O)Nc1ccc2c(c1)OCCO2. The van der Waals surface area contributed by atoms with Gasteiger partial charge in [0.1, 0.15) is 13.2 Å². The van der Waals surface area contributed by atoms with Crippen LogP contribution in [0.25, 0.3) is 0 Å². The zero-order chi connectivity index (χ0) is 19.8. The Hall–Kier alpha value is -2.81. The number of imide groups is 1. The van der Waals surface area contributed by atoms with Gasteiger partial charge in [-0.1, -0.05) is 6.92 Å². The molecule has 0 saturated carbocycles. The summed E-state index contributed by atoms with van der Waals surface area (Å²) in [7, 11) is 0. The number of benzene rings is 1. The first-order valence-electron chi connectivity index (χ1n) is 8.89. The highest BCUT2D eigenvalue weighted by Gasteiger charge is 2.17. The lowest BCUT2D eigenvalue weighted by molar-refractivity contribution is -0.122. The molecule has 0 fully saturated rings. The Bertz CT molecular complexity index is 692. The van der Waals surface area contributed by atoms with Crippen molar-refractivity contribution >= 4 is 23.5 Å². The fraction of sp³-hybridized carbons (Fsp3) is 0.500. The predicted molar refractivity (Wildman–Crippen MR) is 100.0 cm³/mol. The van der Waals surface area contributed by atoms with Crippen LogP contribution in [-0.2, 0) is 9.59 Å². The quantitative estimate of drug-likeness (QED) is 0.652. The lowest BCUT2D eigenvalue weighted by Gasteiger charge is -2.21. The van der Waals surface area contributed by atoms with Crippen molar-refractivity contribution in [3.63, 3.8) is 0 Å². The van der Waals surface area contributed by atoms with E-state index < -0.39 is 11.9 Å². The van der Waals surface area contributed by atoms with Crippen molar-refractivity contribution < 1.29 is 23.9 Å². The van der Waals surface area contributed by atoms with E-state index in [0.717, 1.165) is 0 Å². The van der Waals surface area contributed by atoms with Crippen LogP contribution in [0.5, 0.6) is 11.5 Å². The van der Waals surface area contributed by atoms with Crippen molar-refractivity contribution in [1.82, 2.24) is 15.5 Å². The number of hydrogen-bond donors (Lipinski definition) is 3.